The average Bonchev–Trinajstić information content (AvgIpc) is 2.77. The number of nitro groups is 1. The first-order valence-electron chi connectivity index (χ1n) is 9.55. The highest BCUT2D eigenvalue weighted by molar-refractivity contribution is 14.0. The van der Waals surface area contributed by atoms with Crippen LogP contribution in [0.15, 0.2) is 53.5 Å². The zero-order valence-electron chi connectivity index (χ0n) is 16.7. The molecule has 2 aromatic rings. The average molecular weight is 520 g/mol. The summed E-state index contributed by atoms with van der Waals surface area (Å²) in [6.45, 7) is 2.13. The minimum absolute atomic E-state index is 0. The van der Waals surface area contributed by atoms with Gasteiger partial charge in [0.1, 0.15) is 6.07 Å². The molecule has 0 aliphatic carbocycles. The zero-order valence-corrected chi connectivity index (χ0v) is 19.1. The maximum absolute atomic E-state index is 10.9. The first-order valence-corrected chi connectivity index (χ1v) is 9.55. The molecule has 2 N–H and O–H groups in total. The molecule has 2 aromatic carbocycles. The largest absolute Gasteiger partial charge is 0.368 e. The highest BCUT2D eigenvalue weighted by Crippen LogP contribution is 2.23. The van der Waals surface area contributed by atoms with Crippen LogP contribution in [0.1, 0.15) is 24.0 Å². The normalized spacial score (nSPS) is 16.2. The highest BCUT2D eigenvalue weighted by atomic mass is 127. The zero-order chi connectivity index (χ0) is 20.6. The molecule has 1 heterocycles. The van der Waals surface area contributed by atoms with Crippen LogP contribution < -0.4 is 15.5 Å². The van der Waals surface area contributed by atoms with E-state index in [2.05, 4.69) is 26.6 Å². The Morgan fingerprint density at radius 1 is 1.33 bits per heavy atom. The number of aliphatic imine (C=N–C) groups is 1. The molecule has 3 rings (SSSR count). The molecule has 0 spiro atoms. The Morgan fingerprint density at radius 3 is 2.87 bits per heavy atom. The van der Waals surface area contributed by atoms with Gasteiger partial charge in [-0.2, -0.15) is 5.26 Å². The van der Waals surface area contributed by atoms with E-state index in [0.29, 0.717) is 18.1 Å². The minimum Gasteiger partial charge on any atom is -0.368 e. The molecule has 0 saturated carbocycles. The van der Waals surface area contributed by atoms with Crippen molar-refractivity contribution in [2.24, 2.45) is 4.99 Å². The van der Waals surface area contributed by atoms with E-state index < -0.39 is 4.92 Å². The summed E-state index contributed by atoms with van der Waals surface area (Å²) in [5.41, 5.74) is 2.53. The Morgan fingerprint density at radius 2 is 2.13 bits per heavy atom. The van der Waals surface area contributed by atoms with E-state index in [1.54, 1.807) is 19.2 Å². The van der Waals surface area contributed by atoms with E-state index in [9.17, 15) is 15.4 Å². The second-order valence-corrected chi connectivity index (χ2v) is 6.91. The third-order valence-corrected chi connectivity index (χ3v) is 4.93. The number of hydrogen-bond acceptors (Lipinski definition) is 5. The van der Waals surface area contributed by atoms with E-state index in [1.807, 2.05) is 30.3 Å². The molecule has 9 heteroatoms. The van der Waals surface area contributed by atoms with Gasteiger partial charge in [-0.1, -0.05) is 24.3 Å². The van der Waals surface area contributed by atoms with E-state index in [4.69, 9.17) is 0 Å². The number of anilines is 1. The molecule has 158 valence electrons. The number of halogens is 1. The number of para-hydroxylation sites is 1. The van der Waals surface area contributed by atoms with E-state index in [-0.39, 0.29) is 35.7 Å². The van der Waals surface area contributed by atoms with Gasteiger partial charge in [-0.3, -0.25) is 15.1 Å². The Balaban J connectivity index is 0.00000320. The van der Waals surface area contributed by atoms with E-state index in [1.165, 1.54) is 6.07 Å². The van der Waals surface area contributed by atoms with Crippen molar-refractivity contribution in [2.75, 3.05) is 25.0 Å². The van der Waals surface area contributed by atoms with Gasteiger partial charge in [0.25, 0.3) is 5.69 Å². The Kier molecular flexibility index (Phi) is 8.86. The standard InChI is InChI=1S/C21H24N6O2.HI/c1-23-21(24-14-16-6-4-9-19(12-16)27(28)29)25-18-8-5-11-26(15-18)20-10-3-2-7-17(20)13-22;/h2-4,6-7,9-10,12,18H,5,8,11,14-15H2,1H3,(H2,23,24,25);1H. The molecular weight excluding hydrogens is 495 g/mol. The predicted octanol–water partition coefficient (Wildman–Crippen LogP) is 3.42. The summed E-state index contributed by atoms with van der Waals surface area (Å²) < 4.78 is 0. The van der Waals surface area contributed by atoms with Gasteiger partial charge in [0.15, 0.2) is 5.96 Å². The van der Waals surface area contributed by atoms with Crippen molar-refractivity contribution in [3.63, 3.8) is 0 Å². The summed E-state index contributed by atoms with van der Waals surface area (Å²) in [5, 5.41) is 26.9. The van der Waals surface area contributed by atoms with Gasteiger partial charge in [0.05, 0.1) is 16.2 Å². The lowest BCUT2D eigenvalue weighted by Crippen LogP contribution is -2.51. The molecule has 1 unspecified atom stereocenters. The number of nitrogens with zero attached hydrogens (tertiary/aromatic N) is 4. The number of nitrogens with one attached hydrogen (secondary N) is 2. The summed E-state index contributed by atoms with van der Waals surface area (Å²) in [4.78, 5) is 17.0. The number of hydrogen-bond donors (Lipinski definition) is 2. The predicted molar refractivity (Wildman–Crippen MR) is 128 cm³/mol. The van der Waals surface area contributed by atoms with Crippen LogP contribution >= 0.6 is 24.0 Å². The molecule has 1 aliphatic rings. The fourth-order valence-electron chi connectivity index (χ4n) is 3.51. The summed E-state index contributed by atoms with van der Waals surface area (Å²) in [6.07, 6.45) is 2.02. The van der Waals surface area contributed by atoms with Crippen molar-refractivity contribution in [1.82, 2.24) is 10.6 Å². The maximum atomic E-state index is 10.9. The van der Waals surface area contributed by atoms with Gasteiger partial charge < -0.3 is 15.5 Å². The smallest absolute Gasteiger partial charge is 0.269 e. The molecule has 30 heavy (non-hydrogen) atoms. The molecule has 0 amide bonds. The monoisotopic (exact) mass is 520 g/mol. The molecule has 0 radical (unpaired) electrons. The van der Waals surface area contributed by atoms with Crippen LogP contribution in [0.3, 0.4) is 0 Å². The van der Waals surface area contributed by atoms with E-state index >= 15 is 0 Å². The second kappa shape index (κ2) is 11.3. The number of non-ortho nitro benzene ring substituents is 1. The molecule has 0 bridgehead atoms. The topological polar surface area (TPSA) is 107 Å². The van der Waals surface area contributed by atoms with Crippen LogP contribution in [-0.4, -0.2) is 37.1 Å². The van der Waals surface area contributed by atoms with Gasteiger partial charge in [-0.05, 0) is 30.5 Å². The Bertz CT molecular complexity index is 943. The summed E-state index contributed by atoms with van der Waals surface area (Å²) in [7, 11) is 1.70. The Hall–Kier alpha value is -2.87. The maximum Gasteiger partial charge on any atom is 0.269 e. The fraction of sp³-hybridized carbons (Fsp3) is 0.333. The molecular formula is C21H25IN6O2. The van der Waals surface area contributed by atoms with Gasteiger partial charge in [0.2, 0.25) is 0 Å². The van der Waals surface area contributed by atoms with Crippen LogP contribution in [0.2, 0.25) is 0 Å². The SMILES string of the molecule is CN=C(NCc1cccc([N+](=O)[O-])c1)NC1CCCN(c2ccccc2C#N)C1.I. The summed E-state index contributed by atoms with van der Waals surface area (Å²) >= 11 is 0. The fourth-order valence-corrected chi connectivity index (χ4v) is 3.51. The summed E-state index contributed by atoms with van der Waals surface area (Å²) in [5.74, 6) is 0.650. The van der Waals surface area contributed by atoms with Gasteiger partial charge in [0, 0.05) is 44.9 Å². The number of nitro benzene ring substituents is 1. The quantitative estimate of drug-likeness (QED) is 0.206. The van der Waals surface area contributed by atoms with Gasteiger partial charge >= 0.3 is 0 Å². The van der Waals surface area contributed by atoms with Crippen molar-refractivity contribution in [2.45, 2.75) is 25.4 Å². The third kappa shape index (κ3) is 6.06. The molecule has 1 fully saturated rings. The molecule has 8 nitrogen and oxygen atoms in total. The number of piperidine rings is 1. The number of guanidine groups is 1. The second-order valence-electron chi connectivity index (χ2n) is 6.91. The van der Waals surface area contributed by atoms with Crippen LogP contribution in [-0.2, 0) is 6.54 Å². The van der Waals surface area contributed by atoms with Crippen molar-refractivity contribution in [3.05, 3.63) is 69.8 Å². The molecule has 1 aliphatic heterocycles. The first kappa shape index (κ1) is 23.4. The molecule has 1 saturated heterocycles. The number of nitriles is 1. The van der Waals surface area contributed by atoms with Crippen molar-refractivity contribution in [3.8, 4) is 6.07 Å². The summed E-state index contributed by atoms with van der Waals surface area (Å²) in [6, 6.07) is 16.7. The molecule has 1 atom stereocenters. The third-order valence-electron chi connectivity index (χ3n) is 4.93. The van der Waals surface area contributed by atoms with Crippen LogP contribution in [0.4, 0.5) is 11.4 Å². The van der Waals surface area contributed by atoms with Gasteiger partial charge in [-0.25, -0.2) is 0 Å². The molecule has 0 aromatic heterocycles. The van der Waals surface area contributed by atoms with E-state index in [0.717, 1.165) is 37.2 Å². The van der Waals surface area contributed by atoms with Crippen molar-refractivity contribution >= 4 is 41.3 Å². The number of benzene rings is 2. The minimum atomic E-state index is -0.397. The van der Waals surface area contributed by atoms with Crippen molar-refractivity contribution < 1.29 is 4.92 Å². The van der Waals surface area contributed by atoms with Crippen LogP contribution in [0.5, 0.6) is 0 Å². The lowest BCUT2D eigenvalue weighted by Gasteiger charge is -2.35. The lowest BCUT2D eigenvalue weighted by atomic mass is 10.0. The number of rotatable bonds is 5. The van der Waals surface area contributed by atoms with Gasteiger partial charge in [-0.15, -0.1) is 24.0 Å². The lowest BCUT2D eigenvalue weighted by molar-refractivity contribution is -0.384. The first-order chi connectivity index (χ1) is 14.1. The highest BCUT2D eigenvalue weighted by Gasteiger charge is 2.22. The van der Waals surface area contributed by atoms with Crippen LogP contribution in [0.25, 0.3) is 0 Å². The van der Waals surface area contributed by atoms with Crippen molar-refractivity contribution in [1.29, 1.82) is 5.26 Å². The van der Waals surface area contributed by atoms with Crippen LogP contribution in [0, 0.1) is 21.4 Å². The Labute approximate surface area is 193 Å².